The molecule has 0 radical (unpaired) electrons. The second-order valence-electron chi connectivity index (χ2n) is 6.83. The van der Waals surface area contributed by atoms with Gasteiger partial charge in [0.2, 0.25) is 10.0 Å². The normalized spacial score (nSPS) is 16.0. The first-order valence-electron chi connectivity index (χ1n) is 9.44. The van der Waals surface area contributed by atoms with Crippen LogP contribution in [0.3, 0.4) is 0 Å². The van der Waals surface area contributed by atoms with Gasteiger partial charge in [-0.2, -0.15) is 4.31 Å². The van der Waals surface area contributed by atoms with Crippen LogP contribution in [0, 0.1) is 5.92 Å². The quantitative estimate of drug-likeness (QED) is 0.515. The summed E-state index contributed by atoms with van der Waals surface area (Å²) in [5.74, 6) is -1.11. The Bertz CT molecular complexity index is 963. The van der Waals surface area contributed by atoms with Crippen LogP contribution in [-0.4, -0.2) is 44.2 Å². The van der Waals surface area contributed by atoms with Crippen LogP contribution >= 0.6 is 0 Å². The fraction of sp³-hybridized carbons (Fsp3) is 0.273. The average Bonchev–Trinajstić information content (AvgIpc) is 2.77. The third-order valence-corrected chi connectivity index (χ3v) is 6.39. The van der Waals surface area contributed by atoms with Gasteiger partial charge in [0.1, 0.15) is 0 Å². The molecule has 0 aliphatic carbocycles. The Kier molecular flexibility index (Phi) is 6.95. The highest BCUT2D eigenvalue weighted by Crippen LogP contribution is 2.22. The minimum Gasteiger partial charge on any atom is -0.457 e. The van der Waals surface area contributed by atoms with Crippen LogP contribution in [0.2, 0.25) is 0 Å². The van der Waals surface area contributed by atoms with Crippen LogP contribution < -0.4 is 0 Å². The summed E-state index contributed by atoms with van der Waals surface area (Å²) in [5, 5.41) is 1.19. The fourth-order valence-corrected chi connectivity index (χ4v) is 4.34. The summed E-state index contributed by atoms with van der Waals surface area (Å²) in [7, 11) is -3.55. The maximum Gasteiger partial charge on any atom is 0.309 e. The maximum atomic E-state index is 12.5. The van der Waals surface area contributed by atoms with E-state index >= 15 is 0 Å². The lowest BCUT2D eigenvalue weighted by Crippen LogP contribution is -2.40. The van der Waals surface area contributed by atoms with E-state index < -0.39 is 21.9 Å². The Hall–Kier alpha value is -2.77. The second-order valence-corrected chi connectivity index (χ2v) is 8.65. The zero-order valence-corrected chi connectivity index (χ0v) is 16.8. The van der Waals surface area contributed by atoms with Crippen LogP contribution in [0.25, 0.3) is 6.08 Å². The number of hydrogen-bond acceptors (Lipinski definition) is 5. The second kappa shape index (κ2) is 9.62. The fourth-order valence-electron chi connectivity index (χ4n) is 3.12. The Morgan fingerprint density at radius 2 is 1.55 bits per heavy atom. The standard InChI is InChI=1S/C22H23NO5S/c24-21(19-9-5-2-6-10-19)17-28-22(25)20-11-14-23(15-12-20)29(26,27)16-13-18-7-3-1-4-8-18/h1-10,13,16,20H,11-12,14-15,17H2/b16-13+. The lowest BCUT2D eigenvalue weighted by molar-refractivity contribution is -0.148. The molecular formula is C22H23NO5S. The highest BCUT2D eigenvalue weighted by Gasteiger charge is 2.31. The zero-order chi connectivity index (χ0) is 20.7. The van der Waals surface area contributed by atoms with E-state index in [2.05, 4.69) is 0 Å². The summed E-state index contributed by atoms with van der Waals surface area (Å²) in [6.07, 6.45) is 2.30. The molecule has 1 heterocycles. The molecular weight excluding hydrogens is 390 g/mol. The molecule has 0 N–H and O–H groups in total. The summed E-state index contributed by atoms with van der Waals surface area (Å²) >= 11 is 0. The molecule has 152 valence electrons. The van der Waals surface area contributed by atoms with E-state index in [1.807, 2.05) is 30.3 Å². The van der Waals surface area contributed by atoms with E-state index in [0.717, 1.165) is 5.56 Å². The number of rotatable bonds is 7. The number of piperidine rings is 1. The molecule has 0 amide bonds. The molecule has 0 aromatic heterocycles. The molecule has 29 heavy (non-hydrogen) atoms. The van der Waals surface area contributed by atoms with E-state index in [4.69, 9.17) is 4.74 Å². The van der Waals surface area contributed by atoms with Crippen molar-refractivity contribution in [3.8, 4) is 0 Å². The Labute approximate surface area is 170 Å². The number of esters is 1. The molecule has 0 spiro atoms. The summed E-state index contributed by atoms with van der Waals surface area (Å²) in [6.45, 7) is 0.183. The van der Waals surface area contributed by atoms with Gasteiger partial charge in [0, 0.05) is 24.1 Å². The molecule has 1 aliphatic heterocycles. The number of ether oxygens (including phenoxy) is 1. The van der Waals surface area contributed by atoms with Gasteiger partial charge in [-0.1, -0.05) is 60.7 Å². The monoisotopic (exact) mass is 413 g/mol. The minimum absolute atomic E-state index is 0.244. The molecule has 1 saturated heterocycles. The molecule has 2 aromatic carbocycles. The number of sulfonamides is 1. The first-order valence-corrected chi connectivity index (χ1v) is 10.9. The molecule has 0 saturated carbocycles. The van der Waals surface area contributed by atoms with Crippen molar-refractivity contribution in [1.82, 2.24) is 4.31 Å². The number of ketones is 1. The van der Waals surface area contributed by atoms with Gasteiger partial charge in [-0.15, -0.1) is 0 Å². The summed E-state index contributed by atoms with van der Waals surface area (Å²) < 4.78 is 31.5. The number of nitrogens with zero attached hydrogens (tertiary/aromatic N) is 1. The molecule has 6 nitrogen and oxygen atoms in total. The van der Waals surface area contributed by atoms with Crippen molar-refractivity contribution in [3.63, 3.8) is 0 Å². The zero-order valence-electron chi connectivity index (χ0n) is 15.9. The van der Waals surface area contributed by atoms with Crippen LogP contribution in [0.4, 0.5) is 0 Å². The first-order chi connectivity index (χ1) is 14.0. The summed E-state index contributed by atoms with van der Waals surface area (Å²) in [5.41, 5.74) is 1.30. The lowest BCUT2D eigenvalue weighted by atomic mass is 9.98. The third kappa shape index (κ3) is 5.85. The van der Waals surface area contributed by atoms with E-state index in [1.54, 1.807) is 36.4 Å². The van der Waals surface area contributed by atoms with Crippen molar-refractivity contribution in [2.45, 2.75) is 12.8 Å². The van der Waals surface area contributed by atoms with Crippen molar-refractivity contribution in [2.24, 2.45) is 5.92 Å². The first kappa shape index (κ1) is 21.0. The van der Waals surface area contributed by atoms with Gasteiger partial charge in [-0.3, -0.25) is 9.59 Å². The number of benzene rings is 2. The number of carbonyl (C=O) groups is 2. The van der Waals surface area contributed by atoms with E-state index in [9.17, 15) is 18.0 Å². The molecule has 7 heteroatoms. The largest absolute Gasteiger partial charge is 0.457 e. The average molecular weight is 413 g/mol. The van der Waals surface area contributed by atoms with E-state index in [1.165, 1.54) is 9.71 Å². The maximum absolute atomic E-state index is 12.5. The molecule has 1 fully saturated rings. The predicted molar refractivity (Wildman–Crippen MR) is 110 cm³/mol. The van der Waals surface area contributed by atoms with Crippen LogP contribution in [0.15, 0.2) is 66.1 Å². The molecule has 0 bridgehead atoms. The molecule has 1 aliphatic rings. The van der Waals surface area contributed by atoms with E-state index in [-0.39, 0.29) is 25.5 Å². The number of Topliss-reactive ketones (excluding diaryl/α,β-unsaturated/α-hetero) is 1. The van der Waals surface area contributed by atoms with Gasteiger partial charge in [0.05, 0.1) is 5.92 Å². The molecule has 3 rings (SSSR count). The highest BCUT2D eigenvalue weighted by atomic mass is 32.2. The van der Waals surface area contributed by atoms with Crippen LogP contribution in [-0.2, 0) is 19.6 Å². The minimum atomic E-state index is -3.55. The van der Waals surface area contributed by atoms with Crippen molar-refractivity contribution in [3.05, 3.63) is 77.2 Å². The Morgan fingerprint density at radius 1 is 0.966 bits per heavy atom. The molecule has 0 unspecified atom stereocenters. The van der Waals surface area contributed by atoms with E-state index in [0.29, 0.717) is 18.4 Å². The van der Waals surface area contributed by atoms with Gasteiger partial charge in [0.25, 0.3) is 0 Å². The van der Waals surface area contributed by atoms with Crippen molar-refractivity contribution in [1.29, 1.82) is 0 Å². The lowest BCUT2D eigenvalue weighted by Gasteiger charge is -2.29. The van der Waals surface area contributed by atoms with Crippen LogP contribution in [0.1, 0.15) is 28.8 Å². The molecule has 2 aromatic rings. The van der Waals surface area contributed by atoms with Gasteiger partial charge < -0.3 is 4.74 Å². The Morgan fingerprint density at radius 3 is 2.17 bits per heavy atom. The van der Waals surface area contributed by atoms with Gasteiger partial charge in [0.15, 0.2) is 12.4 Å². The Balaban J connectivity index is 1.48. The highest BCUT2D eigenvalue weighted by molar-refractivity contribution is 7.92. The summed E-state index contributed by atoms with van der Waals surface area (Å²) in [4.78, 5) is 24.3. The number of hydrogen-bond donors (Lipinski definition) is 0. The van der Waals surface area contributed by atoms with Gasteiger partial charge >= 0.3 is 5.97 Å². The van der Waals surface area contributed by atoms with Crippen molar-refractivity contribution < 1.29 is 22.7 Å². The SMILES string of the molecule is O=C(COC(=O)C1CCN(S(=O)(=O)/C=C/c2ccccc2)CC1)c1ccccc1. The van der Waals surface area contributed by atoms with Gasteiger partial charge in [-0.05, 0) is 24.5 Å². The van der Waals surface area contributed by atoms with Gasteiger partial charge in [-0.25, -0.2) is 8.42 Å². The van der Waals surface area contributed by atoms with Crippen molar-refractivity contribution in [2.75, 3.05) is 19.7 Å². The van der Waals surface area contributed by atoms with Crippen LogP contribution in [0.5, 0.6) is 0 Å². The molecule has 0 atom stereocenters. The number of carbonyl (C=O) groups excluding carboxylic acids is 2. The summed E-state index contributed by atoms with van der Waals surface area (Å²) in [6, 6.07) is 17.8. The predicted octanol–water partition coefficient (Wildman–Crippen LogP) is 3.13. The smallest absolute Gasteiger partial charge is 0.309 e. The topological polar surface area (TPSA) is 80.8 Å². The van der Waals surface area contributed by atoms with Crippen molar-refractivity contribution >= 4 is 27.9 Å². The third-order valence-electron chi connectivity index (χ3n) is 4.82.